The highest BCUT2D eigenvalue weighted by Crippen LogP contribution is 2.17. The topological polar surface area (TPSA) is 86.0 Å². The van der Waals surface area contributed by atoms with Crippen LogP contribution >= 0.6 is 0 Å². The number of anilines is 1. The normalized spacial score (nSPS) is 13.6. The summed E-state index contributed by atoms with van der Waals surface area (Å²) in [5.41, 5.74) is -0.810. The molecule has 0 radical (unpaired) electrons. The van der Waals surface area contributed by atoms with Crippen molar-refractivity contribution in [3.8, 4) is 6.07 Å². The van der Waals surface area contributed by atoms with E-state index >= 15 is 0 Å². The molecule has 0 aliphatic heterocycles. The van der Waals surface area contributed by atoms with Gasteiger partial charge >= 0.3 is 5.97 Å². The van der Waals surface area contributed by atoms with Gasteiger partial charge in [0, 0.05) is 0 Å². The lowest BCUT2D eigenvalue weighted by Gasteiger charge is -2.25. The molecule has 0 aromatic carbocycles. The van der Waals surface area contributed by atoms with Crippen molar-refractivity contribution in [2.24, 2.45) is 0 Å². The van der Waals surface area contributed by atoms with E-state index in [2.05, 4.69) is 10.3 Å². The minimum atomic E-state index is -1.07. The lowest BCUT2D eigenvalue weighted by Crippen LogP contribution is -2.42. The lowest BCUT2D eigenvalue weighted by molar-refractivity contribution is -0.141. The molecule has 0 fully saturated rings. The summed E-state index contributed by atoms with van der Waals surface area (Å²) in [5, 5.41) is 20.6. The smallest absolute Gasteiger partial charge is 0.329 e. The molecule has 1 aromatic heterocycles. The molecule has 0 saturated carbocycles. The van der Waals surface area contributed by atoms with Crippen LogP contribution in [0, 0.1) is 11.3 Å². The van der Waals surface area contributed by atoms with E-state index < -0.39 is 11.5 Å². The predicted molar refractivity (Wildman–Crippen MR) is 58.9 cm³/mol. The van der Waals surface area contributed by atoms with Crippen molar-refractivity contribution in [2.75, 3.05) is 5.32 Å². The fourth-order valence-electron chi connectivity index (χ4n) is 1.14. The molecule has 84 valence electrons. The molecule has 0 saturated heterocycles. The van der Waals surface area contributed by atoms with Crippen LogP contribution in [0.1, 0.15) is 26.0 Å². The van der Waals surface area contributed by atoms with Crippen LogP contribution in [0.15, 0.2) is 18.2 Å². The zero-order valence-electron chi connectivity index (χ0n) is 9.19. The number of carbonyl (C=O) groups is 1. The summed E-state index contributed by atoms with van der Waals surface area (Å²) in [5.74, 6) is -0.551. The summed E-state index contributed by atoms with van der Waals surface area (Å²) in [6, 6.07) is 6.76. The summed E-state index contributed by atoms with van der Waals surface area (Å²) < 4.78 is 0. The predicted octanol–water partition coefficient (Wildman–Crippen LogP) is 1.62. The fraction of sp³-hybridized carbons (Fsp3) is 0.364. The quantitative estimate of drug-likeness (QED) is 0.803. The Labute approximate surface area is 93.7 Å². The first-order chi connectivity index (χ1) is 7.51. The zero-order chi connectivity index (χ0) is 12.2. The molecule has 0 amide bonds. The Kier molecular flexibility index (Phi) is 3.46. The van der Waals surface area contributed by atoms with E-state index in [1.165, 1.54) is 0 Å². The molecule has 1 atom stereocenters. The fourth-order valence-corrected chi connectivity index (χ4v) is 1.14. The van der Waals surface area contributed by atoms with Gasteiger partial charge in [0.05, 0.1) is 0 Å². The maximum atomic E-state index is 11.1. The first-order valence-electron chi connectivity index (χ1n) is 4.90. The second kappa shape index (κ2) is 4.62. The van der Waals surface area contributed by atoms with Crippen LogP contribution in [0.2, 0.25) is 0 Å². The summed E-state index contributed by atoms with van der Waals surface area (Å²) in [7, 11) is 0. The zero-order valence-corrected chi connectivity index (χ0v) is 9.19. The lowest BCUT2D eigenvalue weighted by atomic mass is 9.99. The first-order valence-corrected chi connectivity index (χ1v) is 4.90. The Morgan fingerprint density at radius 3 is 2.88 bits per heavy atom. The number of carboxylic acids is 1. The van der Waals surface area contributed by atoms with Crippen molar-refractivity contribution in [2.45, 2.75) is 25.8 Å². The number of nitrogens with zero attached hydrogens (tertiary/aromatic N) is 2. The van der Waals surface area contributed by atoms with Crippen molar-refractivity contribution < 1.29 is 9.90 Å². The molecule has 0 bridgehead atoms. The van der Waals surface area contributed by atoms with Gasteiger partial charge < -0.3 is 10.4 Å². The molecular weight excluding hydrogens is 206 g/mol. The third-order valence-electron chi connectivity index (χ3n) is 2.45. The van der Waals surface area contributed by atoms with Gasteiger partial charge in [0.1, 0.15) is 23.1 Å². The molecule has 1 rings (SSSR count). The van der Waals surface area contributed by atoms with E-state index in [-0.39, 0.29) is 5.69 Å². The Morgan fingerprint density at radius 1 is 1.69 bits per heavy atom. The summed E-state index contributed by atoms with van der Waals surface area (Å²) in [4.78, 5) is 15.0. The molecular formula is C11H13N3O2. The van der Waals surface area contributed by atoms with Crippen LogP contribution in [0.5, 0.6) is 0 Å². The van der Waals surface area contributed by atoms with Crippen LogP contribution in [0.4, 0.5) is 5.82 Å². The van der Waals surface area contributed by atoms with Gasteiger partial charge in [-0.25, -0.2) is 9.78 Å². The number of pyridine rings is 1. The van der Waals surface area contributed by atoms with Gasteiger partial charge in [-0.2, -0.15) is 5.26 Å². The minimum absolute atomic E-state index is 0.258. The van der Waals surface area contributed by atoms with Crippen molar-refractivity contribution >= 4 is 11.8 Å². The summed E-state index contributed by atoms with van der Waals surface area (Å²) >= 11 is 0. The number of hydrogen-bond acceptors (Lipinski definition) is 4. The molecule has 1 heterocycles. The largest absolute Gasteiger partial charge is 0.480 e. The maximum Gasteiger partial charge on any atom is 0.329 e. The maximum absolute atomic E-state index is 11.1. The Hall–Kier alpha value is -2.09. The third kappa shape index (κ3) is 2.48. The number of nitriles is 1. The Morgan fingerprint density at radius 2 is 2.38 bits per heavy atom. The molecule has 5 nitrogen and oxygen atoms in total. The van der Waals surface area contributed by atoms with Gasteiger partial charge in [0.15, 0.2) is 0 Å². The number of aromatic nitrogens is 1. The van der Waals surface area contributed by atoms with E-state index in [4.69, 9.17) is 10.4 Å². The van der Waals surface area contributed by atoms with Gasteiger partial charge in [0.25, 0.3) is 0 Å². The van der Waals surface area contributed by atoms with Crippen LogP contribution in [-0.2, 0) is 4.79 Å². The number of rotatable bonds is 4. The highest BCUT2D eigenvalue weighted by Gasteiger charge is 2.31. The molecule has 1 unspecified atom stereocenters. The van der Waals surface area contributed by atoms with Gasteiger partial charge in [0.2, 0.25) is 0 Å². The molecule has 2 N–H and O–H groups in total. The summed E-state index contributed by atoms with van der Waals surface area (Å²) in [6.07, 6.45) is 0.417. The summed E-state index contributed by atoms with van der Waals surface area (Å²) in [6.45, 7) is 3.35. The van der Waals surface area contributed by atoms with Gasteiger partial charge in [-0.05, 0) is 25.5 Å². The molecule has 0 spiro atoms. The Bertz CT molecular complexity index is 439. The third-order valence-corrected chi connectivity index (χ3v) is 2.45. The number of carboxylic acid groups (broad SMARTS) is 1. The second-order valence-electron chi connectivity index (χ2n) is 3.64. The minimum Gasteiger partial charge on any atom is -0.480 e. The van der Waals surface area contributed by atoms with Crippen LogP contribution < -0.4 is 5.32 Å². The standard InChI is InChI=1S/C11H13N3O2/c1-3-11(2,10(15)16)14-9-6-4-5-8(7-12)13-9/h4-6H,3H2,1-2H3,(H,13,14)(H,15,16). The second-order valence-corrected chi connectivity index (χ2v) is 3.64. The molecule has 1 aromatic rings. The van der Waals surface area contributed by atoms with Crippen molar-refractivity contribution in [3.63, 3.8) is 0 Å². The van der Waals surface area contributed by atoms with Crippen molar-refractivity contribution in [1.82, 2.24) is 4.98 Å². The van der Waals surface area contributed by atoms with Gasteiger partial charge in [-0.3, -0.25) is 0 Å². The van der Waals surface area contributed by atoms with E-state index in [1.807, 2.05) is 6.07 Å². The average Bonchev–Trinajstić information content (AvgIpc) is 2.29. The highest BCUT2D eigenvalue weighted by molar-refractivity contribution is 5.81. The van der Waals surface area contributed by atoms with Crippen LogP contribution in [-0.4, -0.2) is 21.6 Å². The molecule has 5 heteroatoms. The molecule has 16 heavy (non-hydrogen) atoms. The Balaban J connectivity index is 2.95. The van der Waals surface area contributed by atoms with Crippen molar-refractivity contribution in [1.29, 1.82) is 5.26 Å². The van der Waals surface area contributed by atoms with E-state index in [0.717, 1.165) is 0 Å². The van der Waals surface area contributed by atoms with Gasteiger partial charge in [-0.1, -0.05) is 13.0 Å². The highest BCUT2D eigenvalue weighted by atomic mass is 16.4. The SMILES string of the molecule is CCC(C)(Nc1cccc(C#N)n1)C(=O)O. The van der Waals surface area contributed by atoms with E-state index in [9.17, 15) is 4.79 Å². The molecule has 0 aliphatic carbocycles. The van der Waals surface area contributed by atoms with Crippen molar-refractivity contribution in [3.05, 3.63) is 23.9 Å². The van der Waals surface area contributed by atoms with Crippen LogP contribution in [0.25, 0.3) is 0 Å². The van der Waals surface area contributed by atoms with E-state index in [1.54, 1.807) is 32.0 Å². The number of nitrogens with one attached hydrogen (secondary N) is 1. The van der Waals surface area contributed by atoms with E-state index in [0.29, 0.717) is 12.2 Å². The van der Waals surface area contributed by atoms with Gasteiger partial charge in [-0.15, -0.1) is 0 Å². The number of hydrogen-bond donors (Lipinski definition) is 2. The van der Waals surface area contributed by atoms with Crippen LogP contribution in [0.3, 0.4) is 0 Å². The number of aliphatic carboxylic acids is 1. The first kappa shape index (κ1) is 12.0. The monoisotopic (exact) mass is 219 g/mol. The average molecular weight is 219 g/mol. The molecule has 0 aliphatic rings.